The summed E-state index contributed by atoms with van der Waals surface area (Å²) in [6.07, 6.45) is 2.83. The minimum Gasteiger partial charge on any atom is -0.506 e. The average molecular weight is 260 g/mol. The van der Waals surface area contributed by atoms with Gasteiger partial charge in [-0.05, 0) is 30.7 Å². The summed E-state index contributed by atoms with van der Waals surface area (Å²) in [6.45, 7) is 0.845. The number of rotatable bonds is 6. The Morgan fingerprint density at radius 3 is 2.72 bits per heavy atom. The largest absolute Gasteiger partial charge is 0.506 e. The zero-order valence-electron chi connectivity index (χ0n) is 10.0. The summed E-state index contributed by atoms with van der Waals surface area (Å²) in [7, 11) is 0. The minimum absolute atomic E-state index is 0.301. The van der Waals surface area contributed by atoms with Crippen LogP contribution in [0.5, 0.6) is 5.75 Å². The Bertz CT molecular complexity index is 476. The fourth-order valence-corrected chi connectivity index (χ4v) is 2.34. The molecule has 1 heterocycles. The average Bonchev–Trinajstić information content (AvgIpc) is 2.42. The molecule has 0 aliphatic rings. The van der Waals surface area contributed by atoms with Crippen molar-refractivity contribution in [2.75, 3.05) is 17.6 Å². The van der Waals surface area contributed by atoms with E-state index >= 15 is 0 Å². The third-order valence-electron chi connectivity index (χ3n) is 2.43. The molecule has 0 aliphatic heterocycles. The predicted octanol–water partition coefficient (Wildman–Crippen LogP) is 3.38. The van der Waals surface area contributed by atoms with Gasteiger partial charge in [-0.1, -0.05) is 18.2 Å². The Kier molecular flexibility index (Phi) is 4.90. The van der Waals surface area contributed by atoms with Crippen LogP contribution in [0.25, 0.3) is 0 Å². The van der Waals surface area contributed by atoms with E-state index in [1.54, 1.807) is 17.8 Å². The molecule has 1 aromatic carbocycles. The molecule has 0 bridgehead atoms. The fourth-order valence-electron chi connectivity index (χ4n) is 1.53. The zero-order valence-corrected chi connectivity index (χ0v) is 10.9. The molecule has 2 aromatic rings. The highest BCUT2D eigenvalue weighted by Gasteiger charge is 1.98. The number of hydrogen-bond acceptors (Lipinski definition) is 4. The molecule has 0 aliphatic carbocycles. The van der Waals surface area contributed by atoms with Gasteiger partial charge in [0.15, 0.2) is 0 Å². The van der Waals surface area contributed by atoms with E-state index in [4.69, 9.17) is 0 Å². The number of thioether (sulfide) groups is 1. The van der Waals surface area contributed by atoms with Crippen LogP contribution in [0.4, 0.5) is 5.69 Å². The van der Waals surface area contributed by atoms with E-state index in [2.05, 4.69) is 10.3 Å². The monoisotopic (exact) mass is 260 g/mol. The van der Waals surface area contributed by atoms with Crippen molar-refractivity contribution in [1.82, 2.24) is 4.98 Å². The number of benzene rings is 1. The highest BCUT2D eigenvalue weighted by Crippen LogP contribution is 2.21. The maximum Gasteiger partial charge on any atom is 0.138 e. The molecule has 0 spiro atoms. The van der Waals surface area contributed by atoms with Gasteiger partial charge < -0.3 is 10.4 Å². The van der Waals surface area contributed by atoms with Gasteiger partial charge in [0.05, 0.1) is 10.7 Å². The van der Waals surface area contributed by atoms with E-state index in [0.717, 1.165) is 29.4 Å². The first-order chi connectivity index (χ1) is 8.86. The summed E-state index contributed by atoms with van der Waals surface area (Å²) < 4.78 is 0. The van der Waals surface area contributed by atoms with Crippen molar-refractivity contribution in [2.24, 2.45) is 0 Å². The number of nitrogens with one attached hydrogen (secondary N) is 1. The Labute approximate surface area is 111 Å². The van der Waals surface area contributed by atoms with Gasteiger partial charge in [0.1, 0.15) is 5.75 Å². The van der Waals surface area contributed by atoms with Gasteiger partial charge in [0.25, 0.3) is 0 Å². The van der Waals surface area contributed by atoms with E-state index in [0.29, 0.717) is 5.75 Å². The molecule has 0 radical (unpaired) electrons. The normalized spacial score (nSPS) is 10.2. The molecular formula is C14H16N2OS. The van der Waals surface area contributed by atoms with Crippen LogP contribution in [0.3, 0.4) is 0 Å². The third kappa shape index (κ3) is 3.96. The lowest BCUT2D eigenvalue weighted by molar-refractivity contribution is 0.477. The van der Waals surface area contributed by atoms with Crippen molar-refractivity contribution in [1.29, 1.82) is 0 Å². The Hall–Kier alpha value is -1.68. The summed E-state index contributed by atoms with van der Waals surface area (Å²) in [5.41, 5.74) is 0.792. The van der Waals surface area contributed by atoms with Gasteiger partial charge in [-0.15, -0.1) is 11.8 Å². The van der Waals surface area contributed by atoms with Gasteiger partial charge in [0, 0.05) is 18.5 Å². The number of anilines is 1. The van der Waals surface area contributed by atoms with Gasteiger partial charge >= 0.3 is 0 Å². The van der Waals surface area contributed by atoms with E-state index < -0.39 is 0 Å². The van der Waals surface area contributed by atoms with Crippen molar-refractivity contribution < 1.29 is 5.11 Å². The van der Waals surface area contributed by atoms with Crippen molar-refractivity contribution in [2.45, 2.75) is 11.4 Å². The molecule has 0 unspecified atom stereocenters. The maximum atomic E-state index is 9.57. The molecule has 0 atom stereocenters. The van der Waals surface area contributed by atoms with Gasteiger partial charge in [-0.2, -0.15) is 0 Å². The first kappa shape index (κ1) is 12.8. The Morgan fingerprint density at radius 2 is 1.94 bits per heavy atom. The van der Waals surface area contributed by atoms with Crippen molar-refractivity contribution >= 4 is 17.4 Å². The molecule has 94 valence electrons. The number of nitrogens with zero attached hydrogens (tertiary/aromatic N) is 1. The van der Waals surface area contributed by atoms with Crippen LogP contribution in [-0.4, -0.2) is 22.4 Å². The van der Waals surface area contributed by atoms with Gasteiger partial charge in [-0.25, -0.2) is 4.98 Å². The number of hydrogen-bond donors (Lipinski definition) is 2. The molecule has 4 heteroatoms. The Morgan fingerprint density at radius 1 is 1.11 bits per heavy atom. The third-order valence-corrected chi connectivity index (χ3v) is 3.46. The summed E-state index contributed by atoms with van der Waals surface area (Å²) in [6, 6.07) is 13.2. The van der Waals surface area contributed by atoms with Crippen LogP contribution in [0.2, 0.25) is 0 Å². The van der Waals surface area contributed by atoms with E-state index in [1.807, 2.05) is 42.6 Å². The van der Waals surface area contributed by atoms with Gasteiger partial charge in [0.2, 0.25) is 0 Å². The SMILES string of the molecule is Oc1ccccc1NCCCSc1ccccn1. The number of pyridine rings is 1. The second-order valence-corrected chi connectivity index (χ2v) is 4.93. The molecule has 1 aromatic heterocycles. The molecule has 2 rings (SSSR count). The smallest absolute Gasteiger partial charge is 0.138 e. The lowest BCUT2D eigenvalue weighted by Crippen LogP contribution is -2.02. The van der Waals surface area contributed by atoms with Crippen LogP contribution in [-0.2, 0) is 0 Å². The number of phenolic OH excluding ortho intramolecular Hbond substituents is 1. The van der Waals surface area contributed by atoms with E-state index in [9.17, 15) is 5.11 Å². The molecule has 18 heavy (non-hydrogen) atoms. The number of phenols is 1. The molecular weight excluding hydrogens is 244 g/mol. The fraction of sp³-hybridized carbons (Fsp3) is 0.214. The van der Waals surface area contributed by atoms with Crippen molar-refractivity contribution in [3.8, 4) is 5.75 Å². The lowest BCUT2D eigenvalue weighted by atomic mass is 10.3. The molecule has 2 N–H and O–H groups in total. The first-order valence-corrected chi connectivity index (χ1v) is 6.90. The van der Waals surface area contributed by atoms with Crippen LogP contribution >= 0.6 is 11.8 Å². The Balaban J connectivity index is 1.66. The lowest BCUT2D eigenvalue weighted by Gasteiger charge is -2.07. The zero-order chi connectivity index (χ0) is 12.6. The van der Waals surface area contributed by atoms with Crippen LogP contribution in [0.15, 0.2) is 53.7 Å². The highest BCUT2D eigenvalue weighted by molar-refractivity contribution is 7.99. The minimum atomic E-state index is 0.301. The molecule has 0 saturated carbocycles. The van der Waals surface area contributed by atoms with Gasteiger partial charge in [-0.3, -0.25) is 0 Å². The van der Waals surface area contributed by atoms with Crippen molar-refractivity contribution in [3.63, 3.8) is 0 Å². The first-order valence-electron chi connectivity index (χ1n) is 5.92. The van der Waals surface area contributed by atoms with Crippen LogP contribution in [0.1, 0.15) is 6.42 Å². The van der Waals surface area contributed by atoms with E-state index in [-0.39, 0.29) is 0 Å². The standard InChI is InChI=1S/C14H16N2OS/c17-13-7-2-1-6-12(13)15-10-5-11-18-14-8-3-4-9-16-14/h1-4,6-9,15,17H,5,10-11H2. The van der Waals surface area contributed by atoms with Crippen LogP contribution < -0.4 is 5.32 Å². The molecule has 0 amide bonds. The molecule has 0 saturated heterocycles. The number of aromatic hydroxyl groups is 1. The topological polar surface area (TPSA) is 45.1 Å². The summed E-state index contributed by atoms with van der Waals surface area (Å²) in [5, 5.41) is 13.8. The summed E-state index contributed by atoms with van der Waals surface area (Å²) in [4.78, 5) is 4.25. The summed E-state index contributed by atoms with van der Waals surface area (Å²) >= 11 is 1.75. The predicted molar refractivity (Wildman–Crippen MR) is 76.2 cm³/mol. The second-order valence-electron chi connectivity index (χ2n) is 3.81. The van der Waals surface area contributed by atoms with E-state index in [1.165, 1.54) is 0 Å². The number of para-hydroxylation sites is 2. The number of aromatic nitrogens is 1. The molecule has 3 nitrogen and oxygen atoms in total. The maximum absolute atomic E-state index is 9.57. The molecule has 0 fully saturated rings. The highest BCUT2D eigenvalue weighted by atomic mass is 32.2. The van der Waals surface area contributed by atoms with Crippen molar-refractivity contribution in [3.05, 3.63) is 48.7 Å². The second kappa shape index (κ2) is 6.91. The van der Waals surface area contributed by atoms with Crippen LogP contribution in [0, 0.1) is 0 Å². The summed E-state index contributed by atoms with van der Waals surface area (Å²) in [5.74, 6) is 1.31. The quantitative estimate of drug-likeness (QED) is 0.475.